The Labute approximate surface area is 253 Å². The van der Waals surface area contributed by atoms with Crippen molar-refractivity contribution in [3.8, 4) is 0 Å². The fraction of sp³-hybridized carbons (Fsp3) is 0.676. The second-order valence-electron chi connectivity index (χ2n) is 13.9. The van der Waals surface area contributed by atoms with Gasteiger partial charge in [-0.2, -0.15) is 13.2 Å². The number of carbonyl (C=O) groups excluding carboxylic acids is 1. The number of amides is 1. The van der Waals surface area contributed by atoms with Crippen LogP contribution in [0.25, 0.3) is 0 Å². The highest BCUT2D eigenvalue weighted by Crippen LogP contribution is 2.60. The molecule has 3 aliphatic carbocycles. The van der Waals surface area contributed by atoms with Gasteiger partial charge in [-0.1, -0.05) is 50.0 Å². The molecule has 1 aromatic rings. The van der Waals surface area contributed by atoms with Crippen LogP contribution in [-0.4, -0.2) is 39.4 Å². The van der Waals surface area contributed by atoms with Gasteiger partial charge in [0.05, 0.1) is 11.7 Å². The van der Waals surface area contributed by atoms with Gasteiger partial charge in [0.25, 0.3) is 5.91 Å². The molecule has 4 rings (SSSR count). The Morgan fingerprint density at radius 2 is 1.88 bits per heavy atom. The van der Waals surface area contributed by atoms with Gasteiger partial charge in [-0.25, -0.2) is 0 Å². The van der Waals surface area contributed by atoms with Crippen molar-refractivity contribution in [1.82, 2.24) is 5.32 Å². The zero-order valence-corrected chi connectivity index (χ0v) is 26.3. The number of rotatable bonds is 9. The molecule has 4 nitrogen and oxygen atoms in total. The fourth-order valence-corrected chi connectivity index (χ4v) is 8.56. The quantitative estimate of drug-likeness (QED) is 0.246. The molecule has 42 heavy (non-hydrogen) atoms. The number of aliphatic hydroxyl groups is 2. The molecule has 3 N–H and O–H groups in total. The van der Waals surface area contributed by atoms with Crippen LogP contribution < -0.4 is 5.32 Å². The van der Waals surface area contributed by atoms with Crippen molar-refractivity contribution in [2.75, 3.05) is 0 Å². The number of hydrogen-bond acceptors (Lipinski definition) is 4. The van der Waals surface area contributed by atoms with Crippen molar-refractivity contribution >= 4 is 17.7 Å². The highest BCUT2D eigenvalue weighted by molar-refractivity contribution is 8.00. The number of alkyl halides is 3. The molecule has 3 saturated carbocycles. The Hall–Kier alpha value is -1.77. The van der Waals surface area contributed by atoms with Crippen LogP contribution in [-0.2, 0) is 0 Å². The zero-order chi connectivity index (χ0) is 30.7. The van der Waals surface area contributed by atoms with Gasteiger partial charge in [0.2, 0.25) is 0 Å². The van der Waals surface area contributed by atoms with Crippen LogP contribution in [0, 0.1) is 23.2 Å². The SMILES string of the molecule is C[C@H](CCCC(C)(C)O)[C@H]1CC[C@H]2/C(=C/C=C3/C[C@@H](O)C[C@H](NC(=O)c4ccc(SC(F)(F)F)cc4)C3)CCC[C@]12C. The van der Waals surface area contributed by atoms with Crippen LogP contribution >= 0.6 is 11.8 Å². The maximum Gasteiger partial charge on any atom is 0.446 e. The van der Waals surface area contributed by atoms with Crippen molar-refractivity contribution in [2.24, 2.45) is 23.2 Å². The largest absolute Gasteiger partial charge is 0.446 e. The Bertz CT molecular complexity index is 1140. The first-order valence-corrected chi connectivity index (χ1v) is 16.4. The average Bonchev–Trinajstić information content (AvgIpc) is 3.23. The molecule has 0 spiro atoms. The number of fused-ring (bicyclic) bond motifs is 1. The molecule has 8 heteroatoms. The Morgan fingerprint density at radius 1 is 1.17 bits per heavy atom. The molecule has 6 atom stereocenters. The topological polar surface area (TPSA) is 69.6 Å². The molecule has 0 aliphatic heterocycles. The van der Waals surface area contributed by atoms with E-state index in [0.717, 1.165) is 31.3 Å². The number of halogens is 3. The molecule has 0 unspecified atom stereocenters. The van der Waals surface area contributed by atoms with E-state index in [9.17, 15) is 28.2 Å². The first-order valence-electron chi connectivity index (χ1n) is 15.6. The van der Waals surface area contributed by atoms with Crippen molar-refractivity contribution in [3.63, 3.8) is 0 Å². The number of benzene rings is 1. The standard InChI is InChI=1S/C34H48F3NO3S/c1-22(7-5-17-32(2,3)41)29-15-16-30-24(8-6-18-33(29,30)4)10-9-23-19-26(21-27(39)20-23)38-31(40)25-11-13-28(14-12-25)42-34(35,36)37/h9-14,22,26-27,29-30,39,41H,5-8,15-21H2,1-4H3,(H,38,40)/b23-9+,24-10+/t22-,26-,27-,29-,30+,33-/m1/s1. The van der Waals surface area contributed by atoms with Crippen molar-refractivity contribution < 1.29 is 28.2 Å². The normalized spacial score (nSPS) is 31.3. The highest BCUT2D eigenvalue weighted by Gasteiger charge is 2.50. The van der Waals surface area contributed by atoms with Gasteiger partial charge in [0.1, 0.15) is 0 Å². The zero-order valence-electron chi connectivity index (χ0n) is 25.5. The van der Waals surface area contributed by atoms with Gasteiger partial charge in [-0.15, -0.1) is 0 Å². The average molecular weight is 608 g/mol. The summed E-state index contributed by atoms with van der Waals surface area (Å²) < 4.78 is 37.8. The molecule has 3 aliphatic rings. The number of hydrogen-bond donors (Lipinski definition) is 3. The summed E-state index contributed by atoms with van der Waals surface area (Å²) in [7, 11) is 0. The van der Waals surface area contributed by atoms with Crippen LogP contribution in [0.5, 0.6) is 0 Å². The molecule has 0 heterocycles. The van der Waals surface area contributed by atoms with E-state index in [2.05, 4.69) is 31.3 Å². The minimum Gasteiger partial charge on any atom is -0.393 e. The second-order valence-corrected chi connectivity index (χ2v) is 15.0. The summed E-state index contributed by atoms with van der Waals surface area (Å²) >= 11 is -0.201. The lowest BCUT2D eigenvalue weighted by Gasteiger charge is -2.44. The van der Waals surface area contributed by atoms with Crippen LogP contribution in [0.2, 0.25) is 0 Å². The molecule has 1 amide bonds. The minimum absolute atomic E-state index is 0.0398. The molecule has 0 saturated heterocycles. The predicted octanol–water partition coefficient (Wildman–Crippen LogP) is 8.59. The van der Waals surface area contributed by atoms with E-state index in [4.69, 9.17) is 0 Å². The van der Waals surface area contributed by atoms with Crippen LogP contribution in [0.3, 0.4) is 0 Å². The van der Waals surface area contributed by atoms with Gasteiger partial charge >= 0.3 is 5.51 Å². The summed E-state index contributed by atoms with van der Waals surface area (Å²) in [5.41, 5.74) is -1.74. The van der Waals surface area contributed by atoms with Crippen LogP contribution in [0.4, 0.5) is 13.2 Å². The van der Waals surface area contributed by atoms with Crippen molar-refractivity contribution in [3.05, 3.63) is 53.1 Å². The minimum atomic E-state index is -4.37. The lowest BCUT2D eigenvalue weighted by Crippen LogP contribution is -2.40. The molecule has 234 valence electrons. The maximum atomic E-state index is 12.8. The fourth-order valence-electron chi connectivity index (χ4n) is 8.02. The third-order valence-corrected chi connectivity index (χ3v) is 10.7. The Balaban J connectivity index is 1.37. The summed E-state index contributed by atoms with van der Waals surface area (Å²) in [4.78, 5) is 12.9. The van der Waals surface area contributed by atoms with E-state index in [1.807, 2.05) is 13.8 Å². The van der Waals surface area contributed by atoms with Crippen LogP contribution in [0.1, 0.15) is 109 Å². The lowest BCUT2D eigenvalue weighted by molar-refractivity contribution is -0.0328. The molecule has 0 aromatic heterocycles. The molecule has 0 radical (unpaired) electrons. The van der Waals surface area contributed by atoms with Crippen molar-refractivity contribution in [1.29, 1.82) is 0 Å². The summed E-state index contributed by atoms with van der Waals surface area (Å²) in [6.07, 6.45) is 14.7. The van der Waals surface area contributed by atoms with E-state index in [1.165, 1.54) is 55.5 Å². The van der Waals surface area contributed by atoms with Crippen LogP contribution in [0.15, 0.2) is 52.5 Å². The third kappa shape index (κ3) is 8.88. The molecular formula is C34H48F3NO3S. The summed E-state index contributed by atoms with van der Waals surface area (Å²) in [5.74, 6) is 1.56. The van der Waals surface area contributed by atoms with E-state index in [-0.39, 0.29) is 28.6 Å². The van der Waals surface area contributed by atoms with Gasteiger partial charge in [0.15, 0.2) is 0 Å². The van der Waals surface area contributed by atoms with E-state index in [1.54, 1.807) is 0 Å². The summed E-state index contributed by atoms with van der Waals surface area (Å²) in [6.45, 7) is 8.67. The smallest absolute Gasteiger partial charge is 0.393 e. The monoisotopic (exact) mass is 607 g/mol. The number of allylic oxidation sites excluding steroid dienone is 3. The number of carbonyl (C=O) groups is 1. The van der Waals surface area contributed by atoms with E-state index < -0.39 is 17.2 Å². The first-order chi connectivity index (χ1) is 19.6. The molecule has 1 aromatic carbocycles. The lowest BCUT2D eigenvalue weighted by atomic mass is 9.60. The van der Waals surface area contributed by atoms with Gasteiger partial charge in [0, 0.05) is 16.5 Å². The number of aliphatic hydroxyl groups excluding tert-OH is 1. The number of thioether (sulfide) groups is 1. The van der Waals surface area contributed by atoms with Crippen molar-refractivity contribution in [2.45, 2.75) is 126 Å². The van der Waals surface area contributed by atoms with Gasteiger partial charge < -0.3 is 15.5 Å². The maximum absolute atomic E-state index is 12.8. The Morgan fingerprint density at radius 3 is 2.55 bits per heavy atom. The van der Waals surface area contributed by atoms with E-state index in [0.29, 0.717) is 48.0 Å². The highest BCUT2D eigenvalue weighted by atomic mass is 32.2. The van der Waals surface area contributed by atoms with Gasteiger partial charge in [-0.3, -0.25) is 4.79 Å². The summed E-state index contributed by atoms with van der Waals surface area (Å²) in [6, 6.07) is 5.21. The van der Waals surface area contributed by atoms with E-state index >= 15 is 0 Å². The molecular weight excluding hydrogens is 559 g/mol. The second kappa shape index (κ2) is 13.5. The third-order valence-electron chi connectivity index (χ3n) is 9.95. The Kier molecular flexibility index (Phi) is 10.6. The number of nitrogens with one attached hydrogen (secondary N) is 1. The van der Waals surface area contributed by atoms with Gasteiger partial charge in [-0.05, 0) is 131 Å². The molecule has 0 bridgehead atoms. The summed E-state index contributed by atoms with van der Waals surface area (Å²) in [5, 5.41) is 23.7. The molecule has 3 fully saturated rings. The predicted molar refractivity (Wildman–Crippen MR) is 163 cm³/mol. The first kappa shape index (κ1) is 33.1.